The molecule has 25 heavy (non-hydrogen) atoms. The lowest BCUT2D eigenvalue weighted by molar-refractivity contribution is -0.136. The van der Waals surface area contributed by atoms with E-state index in [2.05, 4.69) is 20.6 Å². The molecule has 0 aliphatic rings. The predicted molar refractivity (Wildman–Crippen MR) is 93.3 cm³/mol. The maximum atomic E-state index is 11.8. The number of benzene rings is 2. The molecule has 0 aliphatic carbocycles. The summed E-state index contributed by atoms with van der Waals surface area (Å²) in [6, 6.07) is 13.5. The van der Waals surface area contributed by atoms with Crippen LogP contribution < -0.4 is 10.7 Å². The Kier molecular flexibility index (Phi) is 6.00. The molecule has 0 spiro atoms. The topological polar surface area (TPSA) is 96.9 Å². The third kappa shape index (κ3) is 5.28. The highest BCUT2D eigenvalue weighted by Gasteiger charge is 2.12. The van der Waals surface area contributed by atoms with Gasteiger partial charge in [-0.15, -0.1) is 0 Å². The number of nitrogens with one attached hydrogen (secondary N) is 2. The average molecular weight is 339 g/mol. The van der Waals surface area contributed by atoms with Gasteiger partial charge in [-0.25, -0.2) is 10.2 Å². The maximum Gasteiger partial charge on any atom is 0.337 e. The molecule has 0 aliphatic heterocycles. The zero-order valence-corrected chi connectivity index (χ0v) is 13.8. The van der Waals surface area contributed by atoms with Crippen LogP contribution in [0, 0.1) is 6.92 Å². The molecule has 2 amide bonds. The normalized spacial score (nSPS) is 10.3. The second kappa shape index (κ2) is 8.39. The van der Waals surface area contributed by atoms with E-state index in [-0.39, 0.29) is 0 Å². The lowest BCUT2D eigenvalue weighted by Crippen LogP contribution is -2.32. The van der Waals surface area contributed by atoms with E-state index in [1.54, 1.807) is 42.5 Å². The van der Waals surface area contributed by atoms with Crippen LogP contribution in [0.5, 0.6) is 0 Å². The summed E-state index contributed by atoms with van der Waals surface area (Å²) >= 11 is 0. The molecule has 128 valence electrons. The molecule has 2 aromatic carbocycles. The van der Waals surface area contributed by atoms with E-state index in [9.17, 15) is 14.4 Å². The van der Waals surface area contributed by atoms with E-state index in [4.69, 9.17) is 0 Å². The molecule has 7 nitrogen and oxygen atoms in total. The number of aryl methyl sites for hydroxylation is 1. The van der Waals surface area contributed by atoms with Gasteiger partial charge in [-0.1, -0.05) is 24.3 Å². The number of rotatable bonds is 4. The summed E-state index contributed by atoms with van der Waals surface area (Å²) in [7, 11) is 1.30. The number of carbonyl (C=O) groups is 3. The van der Waals surface area contributed by atoms with Crippen LogP contribution in [0.2, 0.25) is 0 Å². The summed E-state index contributed by atoms with van der Waals surface area (Å²) in [5.41, 5.74) is 4.69. The molecule has 0 fully saturated rings. The third-order valence-corrected chi connectivity index (χ3v) is 3.19. The van der Waals surface area contributed by atoms with Gasteiger partial charge in [0.05, 0.1) is 18.9 Å². The van der Waals surface area contributed by atoms with Gasteiger partial charge in [-0.3, -0.25) is 9.59 Å². The lowest BCUT2D eigenvalue weighted by atomic mass is 10.1. The molecular formula is C18H17N3O4. The van der Waals surface area contributed by atoms with E-state index < -0.39 is 17.8 Å². The number of ether oxygens (including phenoxy) is 1. The van der Waals surface area contributed by atoms with Gasteiger partial charge in [0.25, 0.3) is 0 Å². The molecule has 0 aromatic heterocycles. The first-order valence-electron chi connectivity index (χ1n) is 7.39. The van der Waals surface area contributed by atoms with E-state index in [1.807, 2.05) is 13.0 Å². The van der Waals surface area contributed by atoms with Crippen LogP contribution in [0.1, 0.15) is 21.5 Å². The molecule has 0 atom stereocenters. The fourth-order valence-corrected chi connectivity index (χ4v) is 1.95. The van der Waals surface area contributed by atoms with Crippen LogP contribution in [0.4, 0.5) is 5.69 Å². The van der Waals surface area contributed by atoms with Crippen molar-refractivity contribution in [1.82, 2.24) is 5.43 Å². The molecule has 2 rings (SSSR count). The zero-order chi connectivity index (χ0) is 18.2. The van der Waals surface area contributed by atoms with Gasteiger partial charge in [0, 0.05) is 5.69 Å². The molecule has 0 heterocycles. The predicted octanol–water partition coefficient (Wildman–Crippen LogP) is 1.87. The van der Waals surface area contributed by atoms with Crippen molar-refractivity contribution < 1.29 is 19.1 Å². The van der Waals surface area contributed by atoms with Gasteiger partial charge in [-0.2, -0.15) is 5.10 Å². The van der Waals surface area contributed by atoms with Crippen LogP contribution in [0.3, 0.4) is 0 Å². The van der Waals surface area contributed by atoms with Crippen molar-refractivity contribution in [1.29, 1.82) is 0 Å². The molecule has 0 bridgehead atoms. The minimum atomic E-state index is -0.885. The highest BCUT2D eigenvalue weighted by atomic mass is 16.5. The summed E-state index contributed by atoms with van der Waals surface area (Å²) in [5.74, 6) is -2.14. The number of nitrogens with zero attached hydrogens (tertiary/aromatic N) is 1. The monoisotopic (exact) mass is 339 g/mol. The molecule has 7 heteroatoms. The number of anilines is 1. The quantitative estimate of drug-likeness (QED) is 0.385. The molecule has 0 radical (unpaired) electrons. The number of amides is 2. The number of esters is 1. The summed E-state index contributed by atoms with van der Waals surface area (Å²) in [6.45, 7) is 1.88. The van der Waals surface area contributed by atoms with Gasteiger partial charge in [-0.05, 0) is 42.3 Å². The van der Waals surface area contributed by atoms with Crippen molar-refractivity contribution in [3.8, 4) is 0 Å². The first kappa shape index (κ1) is 17.9. The standard InChI is InChI=1S/C18H17N3O4/c1-12-4-3-5-15(10-12)20-16(22)17(23)21-19-11-13-6-8-14(9-7-13)18(24)25-2/h3-11H,1-2H3,(H,20,22)(H,21,23)/b19-11+. The fraction of sp³-hybridized carbons (Fsp3) is 0.111. The average Bonchev–Trinajstić information content (AvgIpc) is 2.61. The summed E-state index contributed by atoms with van der Waals surface area (Å²) < 4.78 is 4.60. The van der Waals surface area contributed by atoms with Gasteiger partial charge in [0.2, 0.25) is 0 Å². The van der Waals surface area contributed by atoms with Crippen molar-refractivity contribution in [3.05, 3.63) is 65.2 Å². The minimum absolute atomic E-state index is 0.404. The Bertz CT molecular complexity index is 813. The third-order valence-electron chi connectivity index (χ3n) is 3.19. The molecule has 0 saturated heterocycles. The van der Waals surface area contributed by atoms with Crippen LogP contribution in [-0.2, 0) is 14.3 Å². The maximum absolute atomic E-state index is 11.8. The zero-order valence-electron chi connectivity index (χ0n) is 13.8. The van der Waals surface area contributed by atoms with E-state index in [1.165, 1.54) is 13.3 Å². The first-order valence-corrected chi connectivity index (χ1v) is 7.39. The Balaban J connectivity index is 1.89. The van der Waals surface area contributed by atoms with Crippen LogP contribution in [0.25, 0.3) is 0 Å². The molecule has 0 unspecified atom stereocenters. The number of methoxy groups -OCH3 is 1. The van der Waals surface area contributed by atoms with Gasteiger partial charge < -0.3 is 10.1 Å². The van der Waals surface area contributed by atoms with Crippen molar-refractivity contribution in [2.75, 3.05) is 12.4 Å². The Labute approximate surface area is 144 Å². The molecule has 2 N–H and O–H groups in total. The number of carbonyl (C=O) groups excluding carboxylic acids is 3. The van der Waals surface area contributed by atoms with Crippen LogP contribution >= 0.6 is 0 Å². The van der Waals surface area contributed by atoms with Gasteiger partial charge in [0.15, 0.2) is 0 Å². The summed E-state index contributed by atoms with van der Waals surface area (Å²) in [6.07, 6.45) is 1.36. The molecular weight excluding hydrogens is 322 g/mol. The van der Waals surface area contributed by atoms with Gasteiger partial charge in [0.1, 0.15) is 0 Å². The largest absolute Gasteiger partial charge is 0.465 e. The van der Waals surface area contributed by atoms with Crippen molar-refractivity contribution in [2.24, 2.45) is 5.10 Å². The molecule has 0 saturated carbocycles. The highest BCUT2D eigenvalue weighted by Crippen LogP contribution is 2.09. The van der Waals surface area contributed by atoms with Crippen LogP contribution in [0.15, 0.2) is 53.6 Å². The van der Waals surface area contributed by atoms with Crippen molar-refractivity contribution in [2.45, 2.75) is 6.92 Å². The number of hydrogen-bond donors (Lipinski definition) is 2. The lowest BCUT2D eigenvalue weighted by Gasteiger charge is -2.04. The second-order valence-electron chi connectivity index (χ2n) is 5.14. The van der Waals surface area contributed by atoms with Crippen molar-refractivity contribution >= 4 is 29.7 Å². The Morgan fingerprint density at radius 2 is 1.76 bits per heavy atom. The summed E-state index contributed by atoms with van der Waals surface area (Å²) in [4.78, 5) is 34.8. The fourth-order valence-electron chi connectivity index (χ4n) is 1.95. The number of hydrogen-bond acceptors (Lipinski definition) is 5. The Morgan fingerprint density at radius 3 is 2.40 bits per heavy atom. The Morgan fingerprint density at radius 1 is 1.04 bits per heavy atom. The van der Waals surface area contributed by atoms with Gasteiger partial charge >= 0.3 is 17.8 Å². The Hall–Kier alpha value is -3.48. The van der Waals surface area contributed by atoms with E-state index >= 15 is 0 Å². The smallest absolute Gasteiger partial charge is 0.337 e. The van der Waals surface area contributed by atoms with Crippen LogP contribution in [-0.4, -0.2) is 31.1 Å². The molecule has 2 aromatic rings. The summed E-state index contributed by atoms with van der Waals surface area (Å²) in [5, 5.41) is 6.20. The second-order valence-corrected chi connectivity index (χ2v) is 5.14. The number of hydrazone groups is 1. The van der Waals surface area contributed by atoms with E-state index in [0.717, 1.165) is 5.56 Å². The minimum Gasteiger partial charge on any atom is -0.465 e. The highest BCUT2D eigenvalue weighted by molar-refractivity contribution is 6.39. The SMILES string of the molecule is COC(=O)c1ccc(/C=N/NC(=O)C(=O)Nc2cccc(C)c2)cc1. The van der Waals surface area contributed by atoms with Crippen molar-refractivity contribution in [3.63, 3.8) is 0 Å². The van der Waals surface area contributed by atoms with E-state index in [0.29, 0.717) is 16.8 Å². The first-order chi connectivity index (χ1) is 12.0.